The number of halogens is 2. The Kier molecular flexibility index (Phi) is 20.4. The summed E-state index contributed by atoms with van der Waals surface area (Å²) in [6.45, 7) is 9.00. The third-order valence-electron chi connectivity index (χ3n) is 6.09. The van der Waals surface area contributed by atoms with Crippen molar-refractivity contribution in [1.82, 2.24) is 0 Å². The van der Waals surface area contributed by atoms with Gasteiger partial charge >= 0.3 is 57.1 Å². The molecule has 6 aromatic rings. The molecule has 0 aromatic heterocycles. The molecule has 0 aliphatic carbocycles. The van der Waals surface area contributed by atoms with Gasteiger partial charge in [0.25, 0.3) is 0 Å². The Balaban J connectivity index is 0.000000262. The van der Waals surface area contributed by atoms with Crippen molar-refractivity contribution in [3.63, 3.8) is 0 Å². The second kappa shape index (κ2) is 24.1. The van der Waals surface area contributed by atoms with Crippen molar-refractivity contribution in [2.45, 2.75) is 0 Å². The van der Waals surface area contributed by atoms with Crippen LogP contribution in [0.2, 0.25) is 0 Å². The van der Waals surface area contributed by atoms with E-state index in [2.05, 4.69) is 195 Å². The van der Waals surface area contributed by atoms with Crippen molar-refractivity contribution < 1.29 is 24.4 Å². The SMILES string of the molecule is [C-]#[O+].[C-]#[O+].[Cl][Rh][Cl].c1ccc(P(c2ccccc2)c2ccccc2)cc1.c1ccc(P(c2ccccc2)c2ccccc2)cc1. The predicted molar refractivity (Wildman–Crippen MR) is 190 cm³/mol. The molecule has 0 radical (unpaired) electrons. The van der Waals surface area contributed by atoms with Gasteiger partial charge in [-0.1, -0.05) is 182 Å². The van der Waals surface area contributed by atoms with E-state index in [-0.39, 0.29) is 15.1 Å². The van der Waals surface area contributed by atoms with Gasteiger partial charge in [-0.15, -0.1) is 0 Å². The summed E-state index contributed by atoms with van der Waals surface area (Å²) in [6.07, 6.45) is 0. The van der Waals surface area contributed by atoms with Crippen LogP contribution in [0.25, 0.3) is 0 Å². The molecule has 0 unspecified atom stereocenters. The smallest absolute Gasteiger partial charge is 0.0134 e. The normalized spacial score (nSPS) is 9.51. The zero-order valence-electron chi connectivity index (χ0n) is 24.1. The van der Waals surface area contributed by atoms with Crippen LogP contribution in [-0.2, 0) is 24.4 Å². The molecular formula is C38H30Cl2O2P2Rh. The number of hydrogen-bond donors (Lipinski definition) is 0. The van der Waals surface area contributed by atoms with Gasteiger partial charge in [0.15, 0.2) is 0 Å². The third-order valence-corrected chi connectivity index (χ3v) is 11.0. The summed E-state index contributed by atoms with van der Waals surface area (Å²) >= 11 is -0.226. The molecule has 0 heterocycles. The minimum atomic E-state index is -0.446. The first-order valence-electron chi connectivity index (χ1n) is 13.5. The van der Waals surface area contributed by atoms with Gasteiger partial charge in [0.05, 0.1) is 0 Å². The topological polar surface area (TPSA) is 39.8 Å². The maximum atomic E-state index is 7.50. The summed E-state index contributed by atoms with van der Waals surface area (Å²) in [5.74, 6) is 0. The molecule has 7 heteroatoms. The van der Waals surface area contributed by atoms with Crippen LogP contribution >= 0.6 is 35.2 Å². The van der Waals surface area contributed by atoms with E-state index in [1.54, 1.807) is 0 Å². The standard InChI is InChI=1S/2C18H15P.2CO.2ClH.Rh/c2*1-4-10-16(11-5-1)19(17-12-6-2-7-13-17)18-14-8-3-9-15-18;2*1-2;;;/h2*1-15H;;;2*1H;/q;;;;;;+2/p-2. The fraction of sp³-hybridized carbons (Fsp3) is 0. The first-order valence-corrected chi connectivity index (χ1v) is 20.4. The summed E-state index contributed by atoms with van der Waals surface area (Å²) in [7, 11) is 8.78. The van der Waals surface area contributed by atoms with E-state index >= 15 is 0 Å². The quantitative estimate of drug-likeness (QED) is 0.0713. The molecule has 0 aliphatic rings. The van der Waals surface area contributed by atoms with E-state index in [0.29, 0.717) is 0 Å². The summed E-state index contributed by atoms with van der Waals surface area (Å²) in [5, 5.41) is 8.39. The molecule has 45 heavy (non-hydrogen) atoms. The molecule has 6 rings (SSSR count). The van der Waals surface area contributed by atoms with Crippen LogP contribution in [0.5, 0.6) is 0 Å². The first-order chi connectivity index (χ1) is 22.3. The Hall–Kier alpha value is -3.14. The molecule has 0 spiro atoms. The Morgan fingerprint density at radius 1 is 0.311 bits per heavy atom. The van der Waals surface area contributed by atoms with Crippen molar-refractivity contribution in [2.24, 2.45) is 0 Å². The van der Waals surface area contributed by atoms with E-state index < -0.39 is 15.8 Å². The fourth-order valence-corrected chi connectivity index (χ4v) is 8.97. The average Bonchev–Trinajstić information content (AvgIpc) is 3.14. The van der Waals surface area contributed by atoms with Gasteiger partial charge in [-0.05, 0) is 47.7 Å². The van der Waals surface area contributed by atoms with Gasteiger partial charge in [0.1, 0.15) is 0 Å². The predicted octanol–water partition coefficient (Wildman–Crippen LogP) is 8.19. The Morgan fingerprint density at radius 2 is 0.422 bits per heavy atom. The van der Waals surface area contributed by atoms with E-state index in [1.807, 2.05) is 0 Å². The zero-order chi connectivity index (χ0) is 32.5. The Morgan fingerprint density at radius 3 is 0.533 bits per heavy atom. The molecule has 0 bridgehead atoms. The van der Waals surface area contributed by atoms with Crippen LogP contribution in [0.15, 0.2) is 182 Å². The van der Waals surface area contributed by atoms with Crippen LogP contribution in [0.1, 0.15) is 0 Å². The fourth-order valence-electron chi connectivity index (χ4n) is 4.36. The maximum absolute atomic E-state index is 7.50. The van der Waals surface area contributed by atoms with Crippen molar-refractivity contribution >= 4 is 67.1 Å². The molecule has 0 saturated heterocycles. The molecule has 6 aromatic carbocycles. The van der Waals surface area contributed by atoms with Crippen LogP contribution < -0.4 is 31.8 Å². The van der Waals surface area contributed by atoms with Gasteiger partial charge < -0.3 is 0 Å². The monoisotopic (exact) mass is 753 g/mol. The van der Waals surface area contributed by atoms with Crippen molar-refractivity contribution in [3.05, 3.63) is 195 Å². The molecule has 0 aliphatic heterocycles. The van der Waals surface area contributed by atoms with Gasteiger partial charge in [0, 0.05) is 0 Å². The van der Waals surface area contributed by atoms with E-state index in [0.717, 1.165) is 0 Å². The minimum Gasteiger partial charge on any atom is -0.0622 e. The van der Waals surface area contributed by atoms with Crippen LogP contribution in [0, 0.1) is 13.3 Å². The van der Waals surface area contributed by atoms with Crippen LogP contribution in [0.4, 0.5) is 0 Å². The second-order valence-electron chi connectivity index (χ2n) is 8.73. The minimum absolute atomic E-state index is 0.226. The van der Waals surface area contributed by atoms with Gasteiger partial charge in [-0.25, -0.2) is 0 Å². The Bertz CT molecular complexity index is 1300. The van der Waals surface area contributed by atoms with E-state index in [4.69, 9.17) is 28.7 Å². The Labute approximate surface area is 285 Å². The summed E-state index contributed by atoms with van der Waals surface area (Å²) < 4.78 is 15.0. The number of hydrogen-bond acceptors (Lipinski definition) is 0. The molecule has 0 saturated carbocycles. The molecule has 227 valence electrons. The molecule has 0 fully saturated rings. The van der Waals surface area contributed by atoms with Gasteiger partial charge in [-0.3, -0.25) is 0 Å². The molecule has 2 nitrogen and oxygen atoms in total. The molecular weight excluding hydrogens is 724 g/mol. The molecule has 0 atom stereocenters. The molecule has 0 N–H and O–H groups in total. The van der Waals surface area contributed by atoms with Crippen molar-refractivity contribution in [3.8, 4) is 0 Å². The molecule has 0 amide bonds. The second-order valence-corrected chi connectivity index (χ2v) is 15.7. The number of rotatable bonds is 6. The summed E-state index contributed by atoms with van der Waals surface area (Å²) in [6, 6.07) is 64.7. The zero-order valence-corrected chi connectivity index (χ0v) is 29.1. The summed E-state index contributed by atoms with van der Waals surface area (Å²) in [4.78, 5) is 0. The van der Waals surface area contributed by atoms with E-state index in [9.17, 15) is 0 Å². The summed E-state index contributed by atoms with van der Waals surface area (Å²) in [5.41, 5.74) is 0. The maximum Gasteiger partial charge on any atom is -0.0134 e. The van der Waals surface area contributed by atoms with Gasteiger partial charge in [-0.2, -0.15) is 0 Å². The van der Waals surface area contributed by atoms with Crippen molar-refractivity contribution in [2.75, 3.05) is 0 Å². The van der Waals surface area contributed by atoms with Crippen molar-refractivity contribution in [1.29, 1.82) is 0 Å². The van der Waals surface area contributed by atoms with Crippen LogP contribution in [-0.4, -0.2) is 0 Å². The average molecular weight is 754 g/mol. The third kappa shape index (κ3) is 13.0. The van der Waals surface area contributed by atoms with E-state index in [1.165, 1.54) is 31.8 Å². The van der Waals surface area contributed by atoms with Crippen LogP contribution in [0.3, 0.4) is 0 Å². The number of benzene rings is 6. The largest absolute Gasteiger partial charge is 0.0622 e. The van der Waals surface area contributed by atoms with Gasteiger partial charge in [0.2, 0.25) is 0 Å². The first kappa shape index (κ1) is 38.0.